The van der Waals surface area contributed by atoms with E-state index in [9.17, 15) is 4.79 Å². The molecule has 26 heavy (non-hydrogen) atoms. The first-order chi connectivity index (χ1) is 12.8. The molecule has 0 spiro atoms. The molecule has 9 heteroatoms. The number of amides is 2. The Bertz CT molecular complexity index is 931. The van der Waals surface area contributed by atoms with Crippen molar-refractivity contribution in [2.24, 2.45) is 4.99 Å². The molecule has 0 saturated heterocycles. The van der Waals surface area contributed by atoms with Crippen LogP contribution in [-0.4, -0.2) is 32.3 Å². The highest BCUT2D eigenvalue weighted by molar-refractivity contribution is 8.12. The van der Waals surface area contributed by atoms with E-state index in [2.05, 4.69) is 30.6 Å². The lowest BCUT2D eigenvalue weighted by Gasteiger charge is -2.26. The largest absolute Gasteiger partial charge is 0.322 e. The van der Waals surface area contributed by atoms with E-state index in [4.69, 9.17) is 0 Å². The van der Waals surface area contributed by atoms with Crippen molar-refractivity contribution in [3.8, 4) is 10.6 Å². The smallest absolute Gasteiger partial charge is 0.307 e. The first-order valence-electron chi connectivity index (χ1n) is 7.77. The molecule has 0 saturated carbocycles. The van der Waals surface area contributed by atoms with E-state index < -0.39 is 5.66 Å². The SMILES string of the molecule is O=C(Nc1csc(-c2cccnc2)n1)NC1(c2ccccn2)CSC=N1. The number of carbonyl (C=O) groups is 1. The van der Waals surface area contributed by atoms with Crippen molar-refractivity contribution in [1.82, 2.24) is 20.3 Å². The minimum absolute atomic E-state index is 0.377. The molecule has 2 N–H and O–H groups in total. The molecule has 0 aliphatic carbocycles. The third-order valence-electron chi connectivity index (χ3n) is 3.70. The molecule has 0 fully saturated rings. The third kappa shape index (κ3) is 3.44. The van der Waals surface area contributed by atoms with Gasteiger partial charge in [-0.15, -0.1) is 23.1 Å². The van der Waals surface area contributed by atoms with E-state index in [1.165, 1.54) is 23.1 Å². The first-order valence-corrected chi connectivity index (χ1v) is 9.70. The van der Waals surface area contributed by atoms with E-state index in [1.807, 2.05) is 30.3 Å². The summed E-state index contributed by atoms with van der Waals surface area (Å²) in [5, 5.41) is 8.29. The van der Waals surface area contributed by atoms with Gasteiger partial charge in [0.1, 0.15) is 10.8 Å². The van der Waals surface area contributed by atoms with Crippen LogP contribution in [0.2, 0.25) is 0 Å². The Morgan fingerprint density at radius 2 is 2.15 bits per heavy atom. The molecule has 3 aromatic rings. The number of nitrogens with zero attached hydrogens (tertiary/aromatic N) is 4. The Labute approximate surface area is 158 Å². The Morgan fingerprint density at radius 1 is 1.19 bits per heavy atom. The fourth-order valence-corrected chi connectivity index (χ4v) is 4.10. The summed E-state index contributed by atoms with van der Waals surface area (Å²) in [6.45, 7) is 0. The van der Waals surface area contributed by atoms with Crippen molar-refractivity contribution in [3.05, 3.63) is 60.0 Å². The van der Waals surface area contributed by atoms with Crippen LogP contribution in [0.25, 0.3) is 10.6 Å². The number of hydrogen-bond acceptors (Lipinski definition) is 7. The molecule has 2 amide bonds. The van der Waals surface area contributed by atoms with Crippen LogP contribution in [0.1, 0.15) is 5.69 Å². The highest BCUT2D eigenvalue weighted by Gasteiger charge is 2.37. The van der Waals surface area contributed by atoms with E-state index in [0.29, 0.717) is 17.3 Å². The minimum Gasteiger partial charge on any atom is -0.307 e. The lowest BCUT2D eigenvalue weighted by atomic mass is 10.1. The minimum atomic E-state index is -0.863. The highest BCUT2D eigenvalue weighted by Crippen LogP contribution is 2.31. The number of rotatable bonds is 4. The lowest BCUT2D eigenvalue weighted by molar-refractivity contribution is 0.240. The molecular weight excluding hydrogens is 368 g/mol. The zero-order valence-electron chi connectivity index (χ0n) is 13.5. The van der Waals surface area contributed by atoms with E-state index >= 15 is 0 Å². The van der Waals surface area contributed by atoms with Gasteiger partial charge in [-0.3, -0.25) is 20.3 Å². The fraction of sp³-hybridized carbons (Fsp3) is 0.118. The van der Waals surface area contributed by atoms with Crippen LogP contribution in [0.3, 0.4) is 0 Å². The lowest BCUT2D eigenvalue weighted by Crippen LogP contribution is -2.47. The first kappa shape index (κ1) is 16.7. The number of aromatic nitrogens is 3. The van der Waals surface area contributed by atoms with Crippen molar-refractivity contribution in [2.75, 3.05) is 11.1 Å². The van der Waals surface area contributed by atoms with Gasteiger partial charge in [0.05, 0.1) is 11.2 Å². The Kier molecular flexibility index (Phi) is 4.63. The average Bonchev–Trinajstić information content (AvgIpc) is 3.34. The predicted molar refractivity (Wildman–Crippen MR) is 104 cm³/mol. The molecule has 7 nitrogen and oxygen atoms in total. The molecule has 4 rings (SSSR count). The summed E-state index contributed by atoms with van der Waals surface area (Å²) in [5.74, 6) is 1.08. The zero-order valence-corrected chi connectivity index (χ0v) is 15.1. The van der Waals surface area contributed by atoms with Crippen molar-refractivity contribution >= 4 is 40.5 Å². The zero-order chi connectivity index (χ0) is 17.8. The second kappa shape index (κ2) is 7.22. The molecule has 0 radical (unpaired) electrons. The van der Waals surface area contributed by atoms with Gasteiger partial charge in [0, 0.05) is 35.3 Å². The van der Waals surface area contributed by atoms with E-state index in [-0.39, 0.29) is 6.03 Å². The number of aliphatic imine (C=N–C) groups is 1. The molecule has 130 valence electrons. The summed E-state index contributed by atoms with van der Waals surface area (Å²) in [4.78, 5) is 29.8. The molecular formula is C17H14N6OS2. The van der Waals surface area contributed by atoms with Crippen LogP contribution >= 0.6 is 23.1 Å². The van der Waals surface area contributed by atoms with Crippen LogP contribution in [0.5, 0.6) is 0 Å². The number of urea groups is 1. The maximum atomic E-state index is 12.5. The predicted octanol–water partition coefficient (Wildman–Crippen LogP) is 3.35. The number of nitrogens with one attached hydrogen (secondary N) is 2. The van der Waals surface area contributed by atoms with Gasteiger partial charge in [0.2, 0.25) is 0 Å². The van der Waals surface area contributed by atoms with E-state index in [0.717, 1.165) is 10.6 Å². The molecule has 4 heterocycles. The normalized spacial score (nSPS) is 18.6. The number of anilines is 1. The highest BCUT2D eigenvalue weighted by atomic mass is 32.2. The molecule has 1 aliphatic rings. The monoisotopic (exact) mass is 382 g/mol. The molecule has 0 bridgehead atoms. The quantitative estimate of drug-likeness (QED) is 0.722. The molecule has 1 atom stereocenters. The molecule has 1 unspecified atom stereocenters. The summed E-state index contributed by atoms with van der Waals surface area (Å²) in [6, 6.07) is 8.96. The van der Waals surface area contributed by atoms with Gasteiger partial charge >= 0.3 is 6.03 Å². The number of hydrogen-bond donors (Lipinski definition) is 2. The topological polar surface area (TPSA) is 92.2 Å². The summed E-state index contributed by atoms with van der Waals surface area (Å²) in [7, 11) is 0. The van der Waals surface area contributed by atoms with Gasteiger partial charge in [-0.1, -0.05) is 6.07 Å². The van der Waals surface area contributed by atoms with Crippen molar-refractivity contribution in [3.63, 3.8) is 0 Å². The maximum absolute atomic E-state index is 12.5. The second-order valence-corrected chi connectivity index (χ2v) is 7.17. The van der Waals surface area contributed by atoms with Gasteiger partial charge in [-0.2, -0.15) is 0 Å². The van der Waals surface area contributed by atoms with Gasteiger partial charge in [-0.25, -0.2) is 9.78 Å². The van der Waals surface area contributed by atoms with Gasteiger partial charge in [0.15, 0.2) is 5.66 Å². The number of thiazole rings is 1. The van der Waals surface area contributed by atoms with Crippen LogP contribution in [0.15, 0.2) is 59.3 Å². The van der Waals surface area contributed by atoms with Crippen LogP contribution in [-0.2, 0) is 5.66 Å². The van der Waals surface area contributed by atoms with Crippen LogP contribution in [0, 0.1) is 0 Å². The van der Waals surface area contributed by atoms with Crippen molar-refractivity contribution in [2.45, 2.75) is 5.66 Å². The maximum Gasteiger partial charge on any atom is 0.322 e. The average molecular weight is 382 g/mol. The van der Waals surface area contributed by atoms with Crippen LogP contribution in [0.4, 0.5) is 10.6 Å². The molecule has 1 aliphatic heterocycles. The van der Waals surface area contributed by atoms with Crippen LogP contribution < -0.4 is 10.6 Å². The summed E-state index contributed by atoms with van der Waals surface area (Å²) in [6.07, 6.45) is 5.14. The van der Waals surface area contributed by atoms with Gasteiger partial charge < -0.3 is 5.32 Å². The second-order valence-electron chi connectivity index (χ2n) is 5.48. The standard InChI is InChI=1S/C17H14N6OS2/c24-16(22-14-9-26-15(21-14)12-4-3-6-18-8-12)23-17(10-25-11-20-17)13-5-1-2-7-19-13/h1-9,11H,10H2,(H2,22,23,24). The molecule has 3 aromatic heterocycles. The number of pyridine rings is 2. The van der Waals surface area contributed by atoms with Crippen molar-refractivity contribution < 1.29 is 4.79 Å². The number of thioether (sulfide) groups is 1. The van der Waals surface area contributed by atoms with E-state index in [1.54, 1.807) is 29.5 Å². The third-order valence-corrected chi connectivity index (χ3v) is 5.43. The van der Waals surface area contributed by atoms with Gasteiger partial charge in [0.25, 0.3) is 0 Å². The Morgan fingerprint density at radius 3 is 2.88 bits per heavy atom. The summed E-state index contributed by atoms with van der Waals surface area (Å²) in [5.41, 5.74) is 2.48. The van der Waals surface area contributed by atoms with Gasteiger partial charge in [-0.05, 0) is 24.3 Å². The number of carbonyl (C=O) groups excluding carboxylic acids is 1. The summed E-state index contributed by atoms with van der Waals surface area (Å²) >= 11 is 2.97. The Balaban J connectivity index is 1.49. The fourth-order valence-electron chi connectivity index (χ4n) is 2.49. The molecule has 0 aromatic carbocycles. The Hall–Kier alpha value is -2.78. The summed E-state index contributed by atoms with van der Waals surface area (Å²) < 4.78 is 0. The van der Waals surface area contributed by atoms with Crippen molar-refractivity contribution in [1.29, 1.82) is 0 Å².